The molecule has 3 heteroatoms. The zero-order valence-electron chi connectivity index (χ0n) is 23.4. The monoisotopic (exact) mass is 594 g/mol. The molecule has 206 valence electrons. The molecular weight excluding hydrogens is 550 g/mol. The van der Waals surface area contributed by atoms with Crippen LogP contribution in [0.1, 0.15) is 71.1 Å². The third-order valence-corrected chi connectivity index (χ3v) is 14.9. The van der Waals surface area contributed by atoms with Crippen molar-refractivity contribution >= 4 is 26.5 Å². The topological polar surface area (TPSA) is 0 Å². The van der Waals surface area contributed by atoms with Crippen molar-refractivity contribution in [1.29, 1.82) is 0 Å². The molecule has 4 aliphatic rings. The van der Waals surface area contributed by atoms with Crippen molar-refractivity contribution in [2.45, 2.75) is 88.1 Å². The Balaban J connectivity index is 0.000000177. The van der Waals surface area contributed by atoms with E-state index in [-0.39, 0.29) is 25.0 Å². The third kappa shape index (κ3) is 8.40. The van der Waals surface area contributed by atoms with Crippen LogP contribution in [0.15, 0.2) is 108 Å². The molecule has 0 saturated heterocycles. The first kappa shape index (κ1) is 30.7. The van der Waals surface area contributed by atoms with Gasteiger partial charge in [0.1, 0.15) is 0 Å². The van der Waals surface area contributed by atoms with Gasteiger partial charge in [-0.15, -0.1) is 0 Å². The molecule has 0 unspecified atom stereocenters. The van der Waals surface area contributed by atoms with E-state index in [1.54, 1.807) is 5.57 Å². The smallest absolute Gasteiger partial charge is 0.0136 e. The Morgan fingerprint density at radius 3 is 1.51 bits per heavy atom. The summed E-state index contributed by atoms with van der Waals surface area (Å²) in [4.78, 5) is 0. The molecular formula is C36H44FeP2. The second-order valence-electron chi connectivity index (χ2n) is 11.1. The summed E-state index contributed by atoms with van der Waals surface area (Å²) in [6, 6.07) is 21.6. The first-order chi connectivity index (χ1) is 18.8. The molecule has 6 rings (SSSR count). The summed E-state index contributed by atoms with van der Waals surface area (Å²) in [6.45, 7) is 2.55. The van der Waals surface area contributed by atoms with Crippen LogP contribution >= 0.6 is 15.8 Å². The zero-order chi connectivity index (χ0) is 26.0. The number of benzene rings is 2. The predicted molar refractivity (Wildman–Crippen MR) is 172 cm³/mol. The van der Waals surface area contributed by atoms with E-state index in [2.05, 4.69) is 117 Å². The molecule has 2 radical (unpaired) electrons. The van der Waals surface area contributed by atoms with Crippen molar-refractivity contribution in [2.75, 3.05) is 0 Å². The summed E-state index contributed by atoms with van der Waals surface area (Å²) >= 11 is 0. The van der Waals surface area contributed by atoms with E-state index >= 15 is 0 Å². The van der Waals surface area contributed by atoms with Crippen molar-refractivity contribution in [1.82, 2.24) is 0 Å². The second kappa shape index (κ2) is 16.3. The summed E-state index contributed by atoms with van der Waals surface area (Å²) in [5.74, 6) is 0. The molecule has 2 fully saturated rings. The second-order valence-corrected chi connectivity index (χ2v) is 16.4. The molecule has 39 heavy (non-hydrogen) atoms. The summed E-state index contributed by atoms with van der Waals surface area (Å²) in [5.41, 5.74) is 4.62. The molecule has 1 atom stereocenters. The summed E-state index contributed by atoms with van der Waals surface area (Å²) in [7, 11) is -0.218. The number of hydrogen-bond acceptors (Lipinski definition) is 0. The fourth-order valence-corrected chi connectivity index (χ4v) is 13.2. The van der Waals surface area contributed by atoms with Crippen LogP contribution in [0.5, 0.6) is 0 Å². The largest absolute Gasteiger partial charge is 0.0932 e. The van der Waals surface area contributed by atoms with Gasteiger partial charge in [0.25, 0.3) is 0 Å². The van der Waals surface area contributed by atoms with Gasteiger partial charge in [-0.2, -0.15) is 0 Å². The van der Waals surface area contributed by atoms with Gasteiger partial charge < -0.3 is 0 Å². The Kier molecular flexibility index (Phi) is 12.8. The van der Waals surface area contributed by atoms with Gasteiger partial charge in [-0.05, 0) is 66.5 Å². The average molecular weight is 595 g/mol. The molecule has 0 aromatic heterocycles. The molecule has 4 aliphatic carbocycles. The Labute approximate surface area is 251 Å². The van der Waals surface area contributed by atoms with Crippen molar-refractivity contribution in [3.05, 3.63) is 121 Å². The van der Waals surface area contributed by atoms with Crippen LogP contribution in [0, 0.1) is 12.8 Å². The molecule has 2 aromatic rings. The van der Waals surface area contributed by atoms with Crippen LogP contribution in [-0.4, -0.2) is 17.0 Å². The molecule has 0 aliphatic heterocycles. The normalized spacial score (nSPS) is 20.3. The first-order valence-corrected chi connectivity index (χ1v) is 17.8. The van der Waals surface area contributed by atoms with Crippen LogP contribution < -0.4 is 10.6 Å². The van der Waals surface area contributed by atoms with E-state index in [9.17, 15) is 0 Å². The average Bonchev–Trinajstić information content (AvgIpc) is 3.72. The van der Waals surface area contributed by atoms with E-state index < -0.39 is 7.92 Å². The zero-order valence-corrected chi connectivity index (χ0v) is 26.3. The van der Waals surface area contributed by atoms with Gasteiger partial charge in [0.05, 0.1) is 0 Å². The van der Waals surface area contributed by atoms with E-state index in [1.165, 1.54) is 80.1 Å². The minimum absolute atomic E-state index is 0. The van der Waals surface area contributed by atoms with E-state index in [1.807, 2.05) is 0 Å². The summed E-state index contributed by atoms with van der Waals surface area (Å²) in [5, 5.41) is 4.23. The molecule has 0 amide bonds. The van der Waals surface area contributed by atoms with Gasteiger partial charge in [0.2, 0.25) is 0 Å². The number of rotatable bonds is 7. The van der Waals surface area contributed by atoms with Gasteiger partial charge in [-0.1, -0.05) is 156 Å². The maximum Gasteiger partial charge on any atom is 0.0136 e. The van der Waals surface area contributed by atoms with Crippen LogP contribution in [0.4, 0.5) is 0 Å². The molecule has 0 heterocycles. The quantitative estimate of drug-likeness (QED) is 0.221. The van der Waals surface area contributed by atoms with E-state index in [0.717, 1.165) is 17.0 Å². The molecule has 2 saturated carbocycles. The predicted octanol–water partition coefficient (Wildman–Crippen LogP) is 10.00. The van der Waals surface area contributed by atoms with E-state index in [4.69, 9.17) is 0 Å². The molecule has 0 nitrogen and oxygen atoms in total. The van der Waals surface area contributed by atoms with Gasteiger partial charge in [-0.3, -0.25) is 0 Å². The van der Waals surface area contributed by atoms with Crippen LogP contribution in [0.2, 0.25) is 0 Å². The standard InChI is InChI=1S/C19H30P.C17H14P.Fe/c1-16(17-10-8-9-11-17)20(18-12-4-2-5-13-18)19-14-6-3-7-15-19;1-3-9-15(10-4-1)18(17-13-7-8-14-17)16-11-5-2-6-12-16;/h8-11,16,18-19H,2-7,12-15H2,1H3;1-14H;/t16-;;/m1../s1. The van der Waals surface area contributed by atoms with Gasteiger partial charge in [0, 0.05) is 29.9 Å². The number of allylic oxidation sites excluding steroid dienone is 8. The Hall–Kier alpha value is -1.22. The fraction of sp³-hybridized carbons (Fsp3) is 0.389. The van der Waals surface area contributed by atoms with Crippen LogP contribution in [0.25, 0.3) is 0 Å². The first-order valence-electron chi connectivity index (χ1n) is 14.9. The van der Waals surface area contributed by atoms with Crippen LogP contribution in [0.3, 0.4) is 0 Å². The molecule has 0 bridgehead atoms. The van der Waals surface area contributed by atoms with Gasteiger partial charge in [-0.25, -0.2) is 0 Å². The fourth-order valence-electron chi connectivity index (χ4n) is 6.64. The maximum absolute atomic E-state index is 2.55. The van der Waals surface area contributed by atoms with Gasteiger partial charge in [0.15, 0.2) is 0 Å². The summed E-state index contributed by atoms with van der Waals surface area (Å²) in [6.07, 6.45) is 33.1. The van der Waals surface area contributed by atoms with E-state index in [0.29, 0.717) is 0 Å². The SMILES string of the molecule is C[C@H](C1=CC=C[CH]1)P(C1CCCCC1)C1CCCCC1.[CH]1C=CC=C1P(c1ccccc1)c1ccccc1.[Fe]. The van der Waals surface area contributed by atoms with Gasteiger partial charge >= 0.3 is 0 Å². The molecule has 2 aromatic carbocycles. The van der Waals surface area contributed by atoms with Crippen LogP contribution in [-0.2, 0) is 17.1 Å². The maximum atomic E-state index is 2.55. The third-order valence-electron chi connectivity index (χ3n) is 8.54. The van der Waals surface area contributed by atoms with Crippen molar-refractivity contribution in [3.8, 4) is 0 Å². The molecule has 0 N–H and O–H groups in total. The Bertz CT molecular complexity index is 1050. The Morgan fingerprint density at radius 1 is 0.590 bits per heavy atom. The Morgan fingerprint density at radius 2 is 1.08 bits per heavy atom. The van der Waals surface area contributed by atoms with Crippen molar-refractivity contribution in [2.24, 2.45) is 0 Å². The van der Waals surface area contributed by atoms with Crippen molar-refractivity contribution in [3.63, 3.8) is 0 Å². The summed E-state index contributed by atoms with van der Waals surface area (Å²) < 4.78 is 0. The minimum Gasteiger partial charge on any atom is -0.0932 e. The van der Waals surface area contributed by atoms with Crippen molar-refractivity contribution < 1.29 is 17.1 Å². The minimum atomic E-state index is -0.409. The molecule has 0 spiro atoms. The number of hydrogen-bond donors (Lipinski definition) is 0.